The molecule has 0 saturated heterocycles. The number of ether oxygens (including phenoxy) is 1. The Hall–Kier alpha value is -3.08. The molecule has 3 aromatic rings. The number of thiophene rings is 1. The summed E-state index contributed by atoms with van der Waals surface area (Å²) in [6.45, 7) is 0. The first-order valence-electron chi connectivity index (χ1n) is 8.41. The van der Waals surface area contributed by atoms with Gasteiger partial charge in [-0.3, -0.25) is 25.2 Å². The first-order chi connectivity index (χ1) is 14.3. The van der Waals surface area contributed by atoms with Crippen molar-refractivity contribution in [1.29, 1.82) is 0 Å². The minimum atomic E-state index is -3.93. The number of methoxy groups -OCH3 is 1. The van der Waals surface area contributed by atoms with E-state index >= 15 is 0 Å². The van der Waals surface area contributed by atoms with Crippen LogP contribution in [0.25, 0.3) is 0 Å². The number of halogens is 1. The third-order valence-corrected chi connectivity index (χ3v) is 6.44. The van der Waals surface area contributed by atoms with E-state index in [1.165, 1.54) is 37.4 Å². The Morgan fingerprint density at radius 3 is 2.30 bits per heavy atom. The second kappa shape index (κ2) is 9.16. The predicted octanol–water partition coefficient (Wildman–Crippen LogP) is 3.29. The Balaban J connectivity index is 1.69. The number of hydrazine groups is 1. The van der Waals surface area contributed by atoms with Crippen LogP contribution >= 0.6 is 22.9 Å². The topological polar surface area (TPSA) is 114 Å². The van der Waals surface area contributed by atoms with Gasteiger partial charge in [-0.2, -0.15) is 0 Å². The lowest BCUT2D eigenvalue weighted by molar-refractivity contribution is 0.0849. The van der Waals surface area contributed by atoms with Crippen molar-refractivity contribution in [3.63, 3.8) is 0 Å². The van der Waals surface area contributed by atoms with Crippen LogP contribution in [-0.2, 0) is 10.0 Å². The van der Waals surface area contributed by atoms with Gasteiger partial charge in [-0.1, -0.05) is 17.7 Å². The molecule has 0 atom stereocenters. The molecule has 0 unspecified atom stereocenters. The Labute approximate surface area is 181 Å². The molecular formula is C19H16ClN3O5S2. The highest BCUT2D eigenvalue weighted by Gasteiger charge is 2.17. The third-order valence-electron chi connectivity index (χ3n) is 3.84. The number of hydrogen-bond donors (Lipinski definition) is 3. The number of anilines is 1. The van der Waals surface area contributed by atoms with Crippen LogP contribution in [0.3, 0.4) is 0 Å². The molecule has 1 heterocycles. The van der Waals surface area contributed by atoms with Crippen LogP contribution in [0.4, 0.5) is 5.69 Å². The summed E-state index contributed by atoms with van der Waals surface area (Å²) in [5.41, 5.74) is 4.89. The molecule has 2 amide bonds. The maximum Gasteiger partial charge on any atom is 0.279 e. The molecule has 3 rings (SSSR count). The molecule has 0 aliphatic heterocycles. The molecule has 1 aromatic heterocycles. The van der Waals surface area contributed by atoms with Gasteiger partial charge in [0, 0.05) is 11.3 Å². The maximum atomic E-state index is 12.6. The molecule has 0 aliphatic carbocycles. The Bertz CT molecular complexity index is 1180. The van der Waals surface area contributed by atoms with Crippen molar-refractivity contribution in [3.8, 4) is 5.75 Å². The molecule has 0 saturated carbocycles. The quantitative estimate of drug-likeness (QED) is 0.483. The highest BCUT2D eigenvalue weighted by molar-refractivity contribution is 7.92. The van der Waals surface area contributed by atoms with Crippen molar-refractivity contribution in [2.24, 2.45) is 0 Å². The highest BCUT2D eigenvalue weighted by atomic mass is 35.5. The summed E-state index contributed by atoms with van der Waals surface area (Å²) < 4.78 is 33.2. The largest absolute Gasteiger partial charge is 0.497 e. The van der Waals surface area contributed by atoms with Gasteiger partial charge in [0.2, 0.25) is 0 Å². The average molecular weight is 466 g/mol. The zero-order chi connectivity index (χ0) is 21.7. The summed E-state index contributed by atoms with van der Waals surface area (Å²) >= 11 is 6.84. The number of rotatable bonds is 6. The molecule has 11 heteroatoms. The van der Waals surface area contributed by atoms with Gasteiger partial charge < -0.3 is 4.74 Å². The second-order valence-electron chi connectivity index (χ2n) is 5.87. The third kappa shape index (κ3) is 5.29. The van der Waals surface area contributed by atoms with E-state index in [0.717, 1.165) is 11.3 Å². The van der Waals surface area contributed by atoms with Crippen LogP contribution in [0.15, 0.2) is 65.6 Å². The number of sulfonamides is 1. The van der Waals surface area contributed by atoms with Crippen LogP contribution in [0, 0.1) is 0 Å². The fraction of sp³-hybridized carbons (Fsp3) is 0.0526. The predicted molar refractivity (Wildman–Crippen MR) is 115 cm³/mol. The number of nitrogens with one attached hydrogen (secondary N) is 3. The average Bonchev–Trinajstić information content (AvgIpc) is 3.18. The summed E-state index contributed by atoms with van der Waals surface area (Å²) in [6, 6.07) is 14.8. The maximum absolute atomic E-state index is 12.6. The normalized spacial score (nSPS) is 10.9. The number of amides is 2. The van der Waals surface area contributed by atoms with E-state index in [4.69, 9.17) is 16.3 Å². The van der Waals surface area contributed by atoms with Crippen molar-refractivity contribution in [2.45, 2.75) is 4.90 Å². The molecule has 30 heavy (non-hydrogen) atoms. The first-order valence-corrected chi connectivity index (χ1v) is 11.1. The number of benzene rings is 2. The molecule has 0 radical (unpaired) electrons. The Kier molecular flexibility index (Phi) is 6.60. The summed E-state index contributed by atoms with van der Waals surface area (Å²) in [5.74, 6) is -0.624. The molecule has 0 spiro atoms. The van der Waals surface area contributed by atoms with E-state index in [1.54, 1.807) is 30.3 Å². The number of carbonyl (C=O) groups excluding carboxylic acids is 2. The number of carbonyl (C=O) groups is 2. The molecule has 156 valence electrons. The van der Waals surface area contributed by atoms with E-state index < -0.39 is 21.8 Å². The minimum Gasteiger partial charge on any atom is -0.497 e. The summed E-state index contributed by atoms with van der Waals surface area (Å²) in [5, 5.41) is 0. The van der Waals surface area contributed by atoms with E-state index in [2.05, 4.69) is 15.6 Å². The Morgan fingerprint density at radius 1 is 0.967 bits per heavy atom. The van der Waals surface area contributed by atoms with E-state index in [1.807, 2.05) is 0 Å². The van der Waals surface area contributed by atoms with Crippen LogP contribution in [0.1, 0.15) is 20.0 Å². The summed E-state index contributed by atoms with van der Waals surface area (Å²) in [7, 11) is -2.42. The van der Waals surface area contributed by atoms with Crippen LogP contribution in [0.2, 0.25) is 4.34 Å². The summed E-state index contributed by atoms with van der Waals surface area (Å²) in [4.78, 5) is 24.5. The lowest BCUT2D eigenvalue weighted by Crippen LogP contribution is -2.41. The van der Waals surface area contributed by atoms with Crippen LogP contribution in [-0.4, -0.2) is 27.3 Å². The molecule has 8 nitrogen and oxygen atoms in total. The van der Waals surface area contributed by atoms with Crippen LogP contribution in [0.5, 0.6) is 5.75 Å². The smallest absolute Gasteiger partial charge is 0.279 e. The molecule has 3 N–H and O–H groups in total. The molecule has 0 fully saturated rings. The molecule has 0 aliphatic rings. The van der Waals surface area contributed by atoms with E-state index in [9.17, 15) is 18.0 Å². The van der Waals surface area contributed by atoms with E-state index in [0.29, 0.717) is 20.7 Å². The second-order valence-corrected chi connectivity index (χ2v) is 9.27. The van der Waals surface area contributed by atoms with Gasteiger partial charge in [0.1, 0.15) is 5.75 Å². The number of hydrogen-bond acceptors (Lipinski definition) is 6. The van der Waals surface area contributed by atoms with E-state index in [-0.39, 0.29) is 10.5 Å². The standard InChI is InChI=1S/C19H16ClN3O5S2/c1-28-14-7-5-13(6-8-14)23-30(26,27)15-4-2-3-12(11-15)18(24)21-22-19(25)16-9-10-17(20)29-16/h2-11,23H,1H3,(H,21,24)(H,22,25). The van der Waals surface area contributed by atoms with Crippen LogP contribution < -0.4 is 20.3 Å². The van der Waals surface area contributed by atoms with Gasteiger partial charge >= 0.3 is 0 Å². The monoisotopic (exact) mass is 465 g/mol. The van der Waals surface area contributed by atoms with Crippen molar-refractivity contribution in [1.82, 2.24) is 10.9 Å². The van der Waals surface area contributed by atoms with Crippen molar-refractivity contribution in [2.75, 3.05) is 11.8 Å². The molecule has 0 bridgehead atoms. The lowest BCUT2D eigenvalue weighted by atomic mass is 10.2. The van der Waals surface area contributed by atoms with Gasteiger partial charge in [0.15, 0.2) is 0 Å². The van der Waals surface area contributed by atoms with Crippen molar-refractivity contribution in [3.05, 3.63) is 75.4 Å². The summed E-state index contributed by atoms with van der Waals surface area (Å²) in [6.07, 6.45) is 0. The zero-order valence-electron chi connectivity index (χ0n) is 15.5. The zero-order valence-corrected chi connectivity index (χ0v) is 17.9. The van der Waals surface area contributed by atoms with Crippen molar-refractivity contribution >= 4 is 50.5 Å². The Morgan fingerprint density at radius 2 is 1.67 bits per heavy atom. The van der Waals surface area contributed by atoms with Gasteiger partial charge in [0.25, 0.3) is 21.8 Å². The fourth-order valence-corrected chi connectivity index (χ4v) is 4.40. The first kappa shape index (κ1) is 21.6. The van der Waals surface area contributed by atoms with Crippen molar-refractivity contribution < 1.29 is 22.7 Å². The lowest BCUT2D eigenvalue weighted by Gasteiger charge is -2.10. The van der Waals surface area contributed by atoms with Gasteiger partial charge in [-0.05, 0) is 54.6 Å². The molecular weight excluding hydrogens is 450 g/mol. The van der Waals surface area contributed by atoms with Gasteiger partial charge in [-0.15, -0.1) is 11.3 Å². The molecule has 2 aromatic carbocycles. The fourth-order valence-electron chi connectivity index (χ4n) is 2.36. The SMILES string of the molecule is COc1ccc(NS(=O)(=O)c2cccc(C(=O)NNC(=O)c3ccc(Cl)s3)c2)cc1. The minimum absolute atomic E-state index is 0.0529. The van der Waals surface area contributed by atoms with Gasteiger partial charge in [0.05, 0.1) is 21.2 Å². The van der Waals surface area contributed by atoms with Gasteiger partial charge in [-0.25, -0.2) is 8.42 Å². The highest BCUT2D eigenvalue weighted by Crippen LogP contribution is 2.21.